The number of nitrogens with zero attached hydrogens (tertiary/aromatic N) is 5. The van der Waals surface area contributed by atoms with Gasteiger partial charge in [-0.15, -0.1) is 0 Å². The van der Waals surface area contributed by atoms with E-state index in [0.29, 0.717) is 13.1 Å². The summed E-state index contributed by atoms with van der Waals surface area (Å²) in [5.41, 5.74) is 0.735. The molecule has 1 fully saturated rings. The first kappa shape index (κ1) is 20.7. The molecule has 3 heterocycles. The first-order valence-corrected chi connectivity index (χ1v) is 11.1. The van der Waals surface area contributed by atoms with Crippen molar-refractivity contribution in [2.24, 2.45) is 14.1 Å². The van der Waals surface area contributed by atoms with Gasteiger partial charge in [0.25, 0.3) is 5.56 Å². The molecule has 2 aromatic heterocycles. The Morgan fingerprint density at radius 3 is 2.73 bits per heavy atom. The van der Waals surface area contributed by atoms with Gasteiger partial charge in [-0.2, -0.15) is 11.8 Å². The Morgan fingerprint density at radius 2 is 1.97 bits per heavy atom. The molecule has 158 valence electrons. The van der Waals surface area contributed by atoms with Gasteiger partial charge in [-0.25, -0.2) is 9.78 Å². The number of aromatic nitrogens is 4. The zero-order chi connectivity index (χ0) is 21.4. The third kappa shape index (κ3) is 3.67. The van der Waals surface area contributed by atoms with Gasteiger partial charge in [-0.3, -0.25) is 18.7 Å². The number of rotatable bonds is 3. The quantitative estimate of drug-likeness (QED) is 0.611. The van der Waals surface area contributed by atoms with Gasteiger partial charge in [-0.05, 0) is 18.1 Å². The maximum absolute atomic E-state index is 13.0. The minimum atomic E-state index is -0.455. The molecule has 0 aliphatic carbocycles. The van der Waals surface area contributed by atoms with Crippen LogP contribution in [0.1, 0.15) is 17.2 Å². The Balaban J connectivity index is 1.53. The standard InChI is InChI=1S/C20H22ClN5O3S/c1-23-18-17(19(28)24(2)20(23)29)26(12-22-18)11-16(27)25-8-7-15(30-10-9-25)13-5-3-4-6-14(13)21/h3-6,12,15H,7-11H2,1-2H3/t15-/m0/s1. The Morgan fingerprint density at radius 1 is 1.20 bits per heavy atom. The molecule has 1 saturated heterocycles. The Labute approximate surface area is 182 Å². The maximum atomic E-state index is 13.0. The number of fused-ring (bicyclic) bond motifs is 1. The van der Waals surface area contributed by atoms with Crippen LogP contribution in [0.15, 0.2) is 40.2 Å². The van der Waals surface area contributed by atoms with E-state index in [1.54, 1.807) is 18.8 Å². The minimum Gasteiger partial charge on any atom is -0.340 e. The summed E-state index contributed by atoms with van der Waals surface area (Å²) in [5, 5.41) is 0.994. The second kappa shape index (κ2) is 8.31. The minimum absolute atomic E-state index is 0.00533. The van der Waals surface area contributed by atoms with E-state index in [1.165, 1.54) is 22.5 Å². The predicted molar refractivity (Wildman–Crippen MR) is 118 cm³/mol. The first-order chi connectivity index (χ1) is 14.4. The molecule has 4 rings (SSSR count). The van der Waals surface area contributed by atoms with E-state index in [-0.39, 0.29) is 28.9 Å². The van der Waals surface area contributed by atoms with Gasteiger partial charge in [0.2, 0.25) is 5.91 Å². The summed E-state index contributed by atoms with van der Waals surface area (Å²) in [4.78, 5) is 43.6. The van der Waals surface area contributed by atoms with Crippen LogP contribution in [-0.2, 0) is 25.4 Å². The summed E-state index contributed by atoms with van der Waals surface area (Å²) in [5.74, 6) is 0.730. The van der Waals surface area contributed by atoms with Gasteiger partial charge in [-0.1, -0.05) is 29.8 Å². The van der Waals surface area contributed by atoms with Crippen molar-refractivity contribution in [3.05, 3.63) is 62.0 Å². The molecule has 0 saturated carbocycles. The normalized spacial score (nSPS) is 17.3. The zero-order valence-corrected chi connectivity index (χ0v) is 18.3. The number of carbonyl (C=O) groups excluding carboxylic acids is 1. The molecule has 1 atom stereocenters. The lowest BCUT2D eigenvalue weighted by molar-refractivity contribution is -0.131. The fourth-order valence-electron chi connectivity index (χ4n) is 3.77. The van der Waals surface area contributed by atoms with Gasteiger partial charge < -0.3 is 9.47 Å². The molecule has 1 amide bonds. The maximum Gasteiger partial charge on any atom is 0.332 e. The van der Waals surface area contributed by atoms with E-state index in [1.807, 2.05) is 29.2 Å². The molecule has 0 unspecified atom stereocenters. The highest BCUT2D eigenvalue weighted by Gasteiger charge is 2.24. The number of hydrogen-bond donors (Lipinski definition) is 0. The van der Waals surface area contributed by atoms with Crippen LogP contribution in [0.5, 0.6) is 0 Å². The van der Waals surface area contributed by atoms with E-state index in [0.717, 1.165) is 27.3 Å². The molecule has 10 heteroatoms. The van der Waals surface area contributed by atoms with Gasteiger partial charge >= 0.3 is 5.69 Å². The molecule has 8 nitrogen and oxygen atoms in total. The average Bonchev–Trinajstić information content (AvgIpc) is 2.99. The number of aryl methyl sites for hydroxylation is 1. The van der Waals surface area contributed by atoms with Crippen molar-refractivity contribution >= 4 is 40.4 Å². The van der Waals surface area contributed by atoms with Crippen molar-refractivity contribution in [1.82, 2.24) is 23.6 Å². The van der Waals surface area contributed by atoms with Crippen LogP contribution in [0.3, 0.4) is 0 Å². The third-order valence-corrected chi connectivity index (χ3v) is 7.12. The van der Waals surface area contributed by atoms with Gasteiger partial charge in [0, 0.05) is 43.2 Å². The van der Waals surface area contributed by atoms with E-state index < -0.39 is 11.2 Å². The largest absolute Gasteiger partial charge is 0.340 e. The zero-order valence-electron chi connectivity index (χ0n) is 16.7. The van der Waals surface area contributed by atoms with Crippen LogP contribution in [-0.4, -0.2) is 48.3 Å². The third-order valence-electron chi connectivity index (χ3n) is 5.47. The molecule has 1 aliphatic heterocycles. The number of carbonyl (C=O) groups is 1. The molecule has 3 aromatic rings. The van der Waals surface area contributed by atoms with E-state index >= 15 is 0 Å². The number of halogens is 1. The number of hydrogen-bond acceptors (Lipinski definition) is 5. The molecule has 0 N–H and O–H groups in total. The van der Waals surface area contributed by atoms with Crippen LogP contribution >= 0.6 is 23.4 Å². The summed E-state index contributed by atoms with van der Waals surface area (Å²) in [7, 11) is 2.98. The summed E-state index contributed by atoms with van der Waals surface area (Å²) in [6.45, 7) is 1.25. The van der Waals surface area contributed by atoms with Crippen LogP contribution in [0.4, 0.5) is 0 Å². The second-order valence-corrected chi connectivity index (χ2v) is 9.02. The number of imidazole rings is 1. The fraction of sp³-hybridized carbons (Fsp3) is 0.400. The number of benzene rings is 1. The summed E-state index contributed by atoms with van der Waals surface area (Å²) < 4.78 is 3.87. The number of amides is 1. The lowest BCUT2D eigenvalue weighted by atomic mass is 10.1. The Hall–Kier alpha value is -2.52. The van der Waals surface area contributed by atoms with Crippen molar-refractivity contribution in [3.8, 4) is 0 Å². The van der Waals surface area contributed by atoms with Gasteiger partial charge in [0.1, 0.15) is 6.54 Å². The van der Waals surface area contributed by atoms with E-state index in [9.17, 15) is 14.4 Å². The van der Waals surface area contributed by atoms with Gasteiger partial charge in [0.15, 0.2) is 11.2 Å². The smallest absolute Gasteiger partial charge is 0.332 e. The fourth-order valence-corrected chi connectivity index (χ4v) is 5.37. The number of thioether (sulfide) groups is 1. The molecule has 1 aromatic carbocycles. The van der Waals surface area contributed by atoms with Crippen LogP contribution in [0.25, 0.3) is 11.2 Å². The molecule has 0 radical (unpaired) electrons. The van der Waals surface area contributed by atoms with Crippen molar-refractivity contribution in [2.75, 3.05) is 18.8 Å². The highest BCUT2D eigenvalue weighted by Crippen LogP contribution is 2.37. The summed E-state index contributed by atoms with van der Waals surface area (Å²) >= 11 is 8.15. The van der Waals surface area contributed by atoms with Crippen molar-refractivity contribution in [1.29, 1.82) is 0 Å². The molecule has 0 bridgehead atoms. The molecule has 1 aliphatic rings. The lowest BCUT2D eigenvalue weighted by Crippen LogP contribution is -2.39. The highest BCUT2D eigenvalue weighted by atomic mass is 35.5. The van der Waals surface area contributed by atoms with E-state index in [4.69, 9.17) is 11.6 Å². The van der Waals surface area contributed by atoms with Crippen LogP contribution in [0, 0.1) is 0 Å². The SMILES string of the molecule is Cn1c(=O)c2c(ncn2CC(=O)N2CCS[C@H](c3ccccc3Cl)CC2)n(C)c1=O. The van der Waals surface area contributed by atoms with Crippen molar-refractivity contribution < 1.29 is 4.79 Å². The monoisotopic (exact) mass is 447 g/mol. The molecule has 30 heavy (non-hydrogen) atoms. The predicted octanol–water partition coefficient (Wildman–Crippen LogP) is 1.79. The highest BCUT2D eigenvalue weighted by molar-refractivity contribution is 7.99. The topological polar surface area (TPSA) is 82.1 Å². The average molecular weight is 448 g/mol. The first-order valence-electron chi connectivity index (χ1n) is 9.63. The van der Waals surface area contributed by atoms with Gasteiger partial charge in [0.05, 0.1) is 6.33 Å². The Bertz CT molecular complexity index is 1230. The van der Waals surface area contributed by atoms with E-state index in [2.05, 4.69) is 4.98 Å². The molecule has 0 spiro atoms. The lowest BCUT2D eigenvalue weighted by Gasteiger charge is -2.21. The van der Waals surface area contributed by atoms with Crippen molar-refractivity contribution in [3.63, 3.8) is 0 Å². The van der Waals surface area contributed by atoms with Crippen molar-refractivity contribution in [2.45, 2.75) is 18.2 Å². The Kier molecular flexibility index (Phi) is 5.75. The molecular weight excluding hydrogens is 426 g/mol. The van der Waals surface area contributed by atoms with Crippen LogP contribution in [0.2, 0.25) is 5.02 Å². The molecular formula is C20H22ClN5O3S. The summed E-state index contributed by atoms with van der Waals surface area (Å²) in [6.07, 6.45) is 2.25. The summed E-state index contributed by atoms with van der Waals surface area (Å²) in [6, 6.07) is 7.82. The second-order valence-electron chi connectivity index (χ2n) is 7.30. The van der Waals surface area contributed by atoms with Crippen LogP contribution < -0.4 is 11.2 Å².